The third kappa shape index (κ3) is 6.52. The minimum Gasteiger partial charge on any atom is -0.368 e. The molecule has 6 heteroatoms. The smallest absolute Gasteiger partial charge is 0.239 e. The number of rotatable bonds is 8. The lowest BCUT2D eigenvalue weighted by Crippen LogP contribution is -2.44. The molecular weight excluding hydrogens is 273 g/mol. The van der Waals surface area contributed by atoms with Gasteiger partial charge in [0, 0.05) is 6.42 Å². The second-order valence-corrected chi connectivity index (χ2v) is 4.73. The standard InChI is InChI=1S/C15H18FN3O2/c16-12-7-5-11(6-8-12)10-14(20)19-13(15(18)21)4-2-1-3-9-17/h5-8,13H,1-4,10H2,(H2,18,21)(H,19,20)/t13-/m0/s1. The summed E-state index contributed by atoms with van der Waals surface area (Å²) >= 11 is 0. The number of carbonyl (C=O) groups is 2. The molecule has 1 aromatic carbocycles. The molecule has 1 aromatic rings. The highest BCUT2D eigenvalue weighted by Crippen LogP contribution is 2.06. The molecule has 2 amide bonds. The molecule has 0 heterocycles. The summed E-state index contributed by atoms with van der Waals surface area (Å²) < 4.78 is 12.8. The average Bonchev–Trinajstić information content (AvgIpc) is 2.44. The van der Waals surface area contributed by atoms with Gasteiger partial charge in [-0.1, -0.05) is 12.1 Å². The quantitative estimate of drug-likeness (QED) is 0.709. The number of carbonyl (C=O) groups excluding carboxylic acids is 2. The Bertz CT molecular complexity index is 523. The molecular formula is C15H18FN3O2. The molecule has 0 radical (unpaired) electrons. The van der Waals surface area contributed by atoms with Crippen molar-refractivity contribution in [1.82, 2.24) is 5.32 Å². The predicted molar refractivity (Wildman–Crippen MR) is 75.3 cm³/mol. The highest BCUT2D eigenvalue weighted by atomic mass is 19.1. The van der Waals surface area contributed by atoms with Gasteiger partial charge in [0.05, 0.1) is 12.5 Å². The zero-order valence-corrected chi connectivity index (χ0v) is 11.6. The van der Waals surface area contributed by atoms with Gasteiger partial charge in [-0.25, -0.2) is 4.39 Å². The van der Waals surface area contributed by atoms with Crippen LogP contribution in [0.3, 0.4) is 0 Å². The van der Waals surface area contributed by atoms with E-state index in [2.05, 4.69) is 5.32 Å². The van der Waals surface area contributed by atoms with Crippen molar-refractivity contribution in [2.45, 2.75) is 38.1 Å². The lowest BCUT2D eigenvalue weighted by atomic mass is 10.1. The number of nitrogens with one attached hydrogen (secondary N) is 1. The molecule has 5 nitrogen and oxygen atoms in total. The van der Waals surface area contributed by atoms with Crippen LogP contribution in [0.5, 0.6) is 0 Å². The van der Waals surface area contributed by atoms with Crippen molar-refractivity contribution >= 4 is 11.8 Å². The van der Waals surface area contributed by atoms with Gasteiger partial charge in [-0.3, -0.25) is 9.59 Å². The van der Waals surface area contributed by atoms with E-state index in [1.54, 1.807) is 0 Å². The summed E-state index contributed by atoms with van der Waals surface area (Å²) in [7, 11) is 0. The maximum Gasteiger partial charge on any atom is 0.239 e. The lowest BCUT2D eigenvalue weighted by Gasteiger charge is -2.15. The number of nitrogens with zero attached hydrogens (tertiary/aromatic N) is 1. The molecule has 0 saturated carbocycles. The van der Waals surface area contributed by atoms with Gasteiger partial charge in [-0.15, -0.1) is 0 Å². The first-order valence-corrected chi connectivity index (χ1v) is 6.73. The normalized spacial score (nSPS) is 11.4. The maximum atomic E-state index is 12.8. The molecule has 3 N–H and O–H groups in total. The van der Waals surface area contributed by atoms with E-state index in [0.717, 1.165) is 0 Å². The molecule has 0 aliphatic heterocycles. The Hall–Kier alpha value is -2.42. The molecule has 0 aliphatic carbocycles. The van der Waals surface area contributed by atoms with E-state index in [1.165, 1.54) is 24.3 Å². The largest absolute Gasteiger partial charge is 0.368 e. The number of hydrogen-bond donors (Lipinski definition) is 2. The van der Waals surface area contributed by atoms with Crippen LogP contribution in [0.2, 0.25) is 0 Å². The Morgan fingerprint density at radius 3 is 2.52 bits per heavy atom. The molecule has 21 heavy (non-hydrogen) atoms. The first-order chi connectivity index (χ1) is 10.0. The van der Waals surface area contributed by atoms with Crippen LogP contribution < -0.4 is 11.1 Å². The van der Waals surface area contributed by atoms with E-state index < -0.39 is 11.9 Å². The van der Waals surface area contributed by atoms with Crippen LogP contribution in [0.4, 0.5) is 4.39 Å². The molecule has 0 fully saturated rings. The summed E-state index contributed by atoms with van der Waals surface area (Å²) in [5.74, 6) is -1.31. The van der Waals surface area contributed by atoms with E-state index in [-0.39, 0.29) is 18.1 Å². The van der Waals surface area contributed by atoms with Gasteiger partial charge in [-0.05, 0) is 37.0 Å². The first-order valence-electron chi connectivity index (χ1n) is 6.73. The summed E-state index contributed by atoms with van der Waals surface area (Å²) in [6.07, 6.45) is 2.18. The van der Waals surface area contributed by atoms with Crippen LogP contribution in [0, 0.1) is 17.1 Å². The number of benzene rings is 1. The molecule has 0 aliphatic rings. The van der Waals surface area contributed by atoms with E-state index in [0.29, 0.717) is 31.2 Å². The molecule has 0 bridgehead atoms. The van der Waals surface area contributed by atoms with Gasteiger partial charge in [-0.2, -0.15) is 5.26 Å². The molecule has 1 atom stereocenters. The van der Waals surface area contributed by atoms with Gasteiger partial charge >= 0.3 is 0 Å². The Morgan fingerprint density at radius 2 is 1.95 bits per heavy atom. The van der Waals surface area contributed by atoms with E-state index in [9.17, 15) is 14.0 Å². The van der Waals surface area contributed by atoms with Crippen LogP contribution in [-0.2, 0) is 16.0 Å². The van der Waals surface area contributed by atoms with Crippen LogP contribution in [0.15, 0.2) is 24.3 Å². The van der Waals surface area contributed by atoms with Gasteiger partial charge in [0.1, 0.15) is 11.9 Å². The summed E-state index contributed by atoms with van der Waals surface area (Å²) in [5.41, 5.74) is 5.90. The lowest BCUT2D eigenvalue weighted by molar-refractivity contribution is -0.127. The summed E-state index contributed by atoms with van der Waals surface area (Å²) in [5, 5.41) is 11.0. The Morgan fingerprint density at radius 1 is 1.29 bits per heavy atom. The van der Waals surface area contributed by atoms with Crippen molar-refractivity contribution < 1.29 is 14.0 Å². The maximum absolute atomic E-state index is 12.8. The topological polar surface area (TPSA) is 96.0 Å². The Labute approximate surface area is 122 Å². The minimum atomic E-state index is -0.739. The van der Waals surface area contributed by atoms with Gasteiger partial charge < -0.3 is 11.1 Å². The highest BCUT2D eigenvalue weighted by molar-refractivity contribution is 5.87. The van der Waals surface area contributed by atoms with E-state index in [4.69, 9.17) is 11.0 Å². The third-order valence-electron chi connectivity index (χ3n) is 2.99. The molecule has 0 spiro atoms. The fraction of sp³-hybridized carbons (Fsp3) is 0.400. The second kappa shape index (κ2) is 8.69. The van der Waals surface area contributed by atoms with Crippen LogP contribution in [-0.4, -0.2) is 17.9 Å². The van der Waals surface area contributed by atoms with Crippen LogP contribution >= 0.6 is 0 Å². The molecule has 0 aromatic heterocycles. The SMILES string of the molecule is N#CCCCC[C@H](NC(=O)Cc1ccc(F)cc1)C(N)=O. The summed E-state index contributed by atoms with van der Waals surface area (Å²) in [4.78, 5) is 23.1. The van der Waals surface area contributed by atoms with Gasteiger partial charge in [0.25, 0.3) is 0 Å². The average molecular weight is 291 g/mol. The number of hydrogen-bond acceptors (Lipinski definition) is 3. The van der Waals surface area contributed by atoms with E-state index in [1.807, 2.05) is 6.07 Å². The number of nitriles is 1. The number of nitrogens with two attached hydrogens (primary N) is 1. The molecule has 0 unspecified atom stereocenters. The minimum absolute atomic E-state index is 0.0578. The Balaban J connectivity index is 2.46. The fourth-order valence-electron chi connectivity index (χ4n) is 1.87. The van der Waals surface area contributed by atoms with E-state index >= 15 is 0 Å². The van der Waals surface area contributed by atoms with Crippen molar-refractivity contribution in [2.75, 3.05) is 0 Å². The monoisotopic (exact) mass is 291 g/mol. The number of amides is 2. The zero-order valence-electron chi connectivity index (χ0n) is 11.6. The summed E-state index contributed by atoms with van der Waals surface area (Å²) in [6.45, 7) is 0. The van der Waals surface area contributed by atoms with Crippen molar-refractivity contribution in [3.05, 3.63) is 35.6 Å². The third-order valence-corrected chi connectivity index (χ3v) is 2.99. The number of unbranched alkanes of at least 4 members (excludes halogenated alkanes) is 2. The van der Waals surface area contributed by atoms with Crippen molar-refractivity contribution in [3.63, 3.8) is 0 Å². The number of primary amides is 1. The van der Waals surface area contributed by atoms with Gasteiger partial charge in [0.2, 0.25) is 11.8 Å². The van der Waals surface area contributed by atoms with Crippen molar-refractivity contribution in [1.29, 1.82) is 5.26 Å². The van der Waals surface area contributed by atoms with Crippen LogP contribution in [0.25, 0.3) is 0 Å². The molecule has 0 saturated heterocycles. The van der Waals surface area contributed by atoms with Crippen molar-refractivity contribution in [3.8, 4) is 6.07 Å². The van der Waals surface area contributed by atoms with Gasteiger partial charge in [0.15, 0.2) is 0 Å². The Kier molecular flexibility index (Phi) is 6.88. The zero-order chi connectivity index (χ0) is 15.7. The predicted octanol–water partition coefficient (Wildman–Crippen LogP) is 1.42. The number of halogens is 1. The van der Waals surface area contributed by atoms with Crippen molar-refractivity contribution in [2.24, 2.45) is 5.73 Å². The molecule has 1 rings (SSSR count). The second-order valence-electron chi connectivity index (χ2n) is 4.73. The summed E-state index contributed by atoms with van der Waals surface area (Å²) in [6, 6.07) is 6.85. The fourth-order valence-corrected chi connectivity index (χ4v) is 1.87. The highest BCUT2D eigenvalue weighted by Gasteiger charge is 2.17. The first kappa shape index (κ1) is 16.6. The van der Waals surface area contributed by atoms with Crippen LogP contribution in [0.1, 0.15) is 31.2 Å². The molecule has 112 valence electrons.